The molecule has 0 aliphatic heterocycles. The van der Waals surface area contributed by atoms with Crippen molar-refractivity contribution in [3.05, 3.63) is 140 Å². The molecule has 0 fully saturated rings. The van der Waals surface area contributed by atoms with Gasteiger partial charge < -0.3 is 38.0 Å². The summed E-state index contributed by atoms with van der Waals surface area (Å²) in [5.41, 5.74) is 0.790. The van der Waals surface area contributed by atoms with Gasteiger partial charge in [0, 0.05) is 12.1 Å². The van der Waals surface area contributed by atoms with Gasteiger partial charge in [0.15, 0.2) is 11.9 Å². The van der Waals surface area contributed by atoms with Crippen LogP contribution in [0.25, 0.3) is 0 Å². The molecule has 2 atom stereocenters. The van der Waals surface area contributed by atoms with Crippen LogP contribution in [0.4, 0.5) is 27.0 Å². The maximum atomic E-state index is 14.8. The van der Waals surface area contributed by atoms with Gasteiger partial charge in [0.05, 0.1) is 33.6 Å². The summed E-state index contributed by atoms with van der Waals surface area (Å²) in [4.78, 5) is 48.4. The van der Waals surface area contributed by atoms with Crippen LogP contribution in [-0.4, -0.2) is 91.6 Å². The van der Waals surface area contributed by atoms with Crippen LogP contribution in [0, 0.1) is 0 Å². The van der Waals surface area contributed by atoms with E-state index in [-0.39, 0.29) is 56.0 Å². The molecule has 4 rings (SSSR count). The van der Waals surface area contributed by atoms with Gasteiger partial charge >= 0.3 is 12.2 Å². The molecule has 0 aliphatic rings. The molecule has 16 nitrogen and oxygen atoms in total. The molecule has 0 radical (unpaired) electrons. The highest BCUT2D eigenvalue weighted by Crippen LogP contribution is 2.48. The molecule has 0 spiro atoms. The van der Waals surface area contributed by atoms with Gasteiger partial charge in [0.2, 0.25) is 5.95 Å². The number of hydrogen-bond donors (Lipinski definition) is 3. The van der Waals surface area contributed by atoms with Crippen molar-refractivity contribution < 1.29 is 47.1 Å². The van der Waals surface area contributed by atoms with Gasteiger partial charge in [-0.3, -0.25) is 15.4 Å². The van der Waals surface area contributed by atoms with Gasteiger partial charge in [0.1, 0.15) is 36.0 Å². The lowest BCUT2D eigenvalue weighted by Crippen LogP contribution is -2.42. The van der Waals surface area contributed by atoms with E-state index in [0.29, 0.717) is 11.5 Å². The second-order valence-corrected chi connectivity index (χ2v) is 15.2. The molecule has 1 heterocycles. The number of anilines is 3. The lowest BCUT2D eigenvalue weighted by atomic mass is 9.80. The molecule has 3 amide bonds. The van der Waals surface area contributed by atoms with Crippen molar-refractivity contribution in [1.29, 1.82) is 0 Å². The molecule has 3 aromatic carbocycles. The van der Waals surface area contributed by atoms with Crippen molar-refractivity contribution in [2.24, 2.45) is 0 Å². The number of nitrogens with zero attached hydrogens (tertiary/aromatic N) is 3. The summed E-state index contributed by atoms with van der Waals surface area (Å²) >= 11 is 0. The van der Waals surface area contributed by atoms with Crippen LogP contribution < -0.4 is 25.4 Å². The minimum absolute atomic E-state index is 0.0651. The van der Waals surface area contributed by atoms with E-state index in [0.717, 1.165) is 16.7 Å². The number of hydrogen-bond acceptors (Lipinski definition) is 13. The van der Waals surface area contributed by atoms with E-state index >= 15 is 0 Å². The van der Waals surface area contributed by atoms with Gasteiger partial charge in [-0.25, -0.2) is 19.2 Å². The maximum Gasteiger partial charge on any atom is 0.414 e. The van der Waals surface area contributed by atoms with E-state index in [1.807, 2.05) is 111 Å². The number of carbonyl (C=O) groups is 3. The largest absolute Gasteiger partial charge is 0.497 e. The SMILES string of the molecule is C=CCOC(=O)Nc1ncc(NC(=O)[C@@H](COC(c2ccccc2)(c2ccc(OC)cc2)c2ccc(OC)cc2)OP(OCC=C)N(C(C)C)C(C)C)c(NC(=O)OCC=C)n1. The van der Waals surface area contributed by atoms with Crippen molar-refractivity contribution in [2.45, 2.75) is 51.5 Å². The van der Waals surface area contributed by atoms with Crippen LogP contribution in [0.2, 0.25) is 0 Å². The number of benzene rings is 3. The zero-order chi connectivity index (χ0) is 45.1. The fourth-order valence-electron chi connectivity index (χ4n) is 6.15. The predicted octanol–water partition coefficient (Wildman–Crippen LogP) is 8.84. The monoisotopic (exact) mass is 870 g/mol. The topological polar surface area (TPSA) is 181 Å². The molecule has 0 aliphatic carbocycles. The van der Waals surface area contributed by atoms with Gasteiger partial charge in [-0.05, 0) is 68.7 Å². The quantitative estimate of drug-likeness (QED) is 0.0346. The van der Waals surface area contributed by atoms with Crippen molar-refractivity contribution in [3.63, 3.8) is 0 Å². The summed E-state index contributed by atoms with van der Waals surface area (Å²) in [5, 5.41) is 7.66. The summed E-state index contributed by atoms with van der Waals surface area (Å²) in [6, 6.07) is 24.4. The van der Waals surface area contributed by atoms with E-state index in [2.05, 4.69) is 45.7 Å². The lowest BCUT2D eigenvalue weighted by molar-refractivity contribution is -0.128. The van der Waals surface area contributed by atoms with Crippen molar-refractivity contribution >= 4 is 44.1 Å². The number of methoxy groups -OCH3 is 2. The molecular weight excluding hydrogens is 816 g/mol. The van der Waals surface area contributed by atoms with Crippen molar-refractivity contribution in [2.75, 3.05) is 56.6 Å². The zero-order valence-electron chi connectivity index (χ0n) is 35.9. The van der Waals surface area contributed by atoms with E-state index in [9.17, 15) is 14.4 Å². The second-order valence-electron chi connectivity index (χ2n) is 13.8. The Balaban J connectivity index is 1.88. The first-order valence-electron chi connectivity index (χ1n) is 19.6. The highest BCUT2D eigenvalue weighted by Gasteiger charge is 2.41. The summed E-state index contributed by atoms with van der Waals surface area (Å²) in [6.45, 7) is 18.5. The Kier molecular flexibility index (Phi) is 19.0. The average molecular weight is 871 g/mol. The number of amides is 3. The Morgan fingerprint density at radius 2 is 1.24 bits per heavy atom. The third kappa shape index (κ3) is 13.2. The Labute approximate surface area is 364 Å². The summed E-state index contributed by atoms with van der Waals surface area (Å²) in [5.74, 6) is 0.0922. The molecule has 1 aromatic heterocycles. The number of nitrogens with one attached hydrogen (secondary N) is 3. The Hall–Kier alpha value is -6.16. The second kappa shape index (κ2) is 24.3. The van der Waals surface area contributed by atoms with E-state index in [1.54, 1.807) is 20.3 Å². The van der Waals surface area contributed by atoms with E-state index in [4.69, 9.17) is 32.7 Å². The van der Waals surface area contributed by atoms with Crippen LogP contribution >= 0.6 is 8.53 Å². The smallest absolute Gasteiger partial charge is 0.414 e. The summed E-state index contributed by atoms with van der Waals surface area (Å²) in [6.07, 6.45) is 2.37. The van der Waals surface area contributed by atoms with Crippen LogP contribution in [0.3, 0.4) is 0 Å². The molecular formula is C45H55N6O10P. The molecule has 0 saturated carbocycles. The molecule has 3 N–H and O–H groups in total. The van der Waals surface area contributed by atoms with Gasteiger partial charge in [-0.1, -0.05) is 86.0 Å². The van der Waals surface area contributed by atoms with E-state index in [1.165, 1.54) is 18.3 Å². The zero-order valence-corrected chi connectivity index (χ0v) is 36.8. The first-order valence-corrected chi connectivity index (χ1v) is 20.8. The number of carbonyl (C=O) groups excluding carboxylic acids is 3. The number of rotatable bonds is 24. The Morgan fingerprint density at radius 3 is 1.74 bits per heavy atom. The third-order valence-electron chi connectivity index (χ3n) is 8.83. The molecule has 0 bridgehead atoms. The first-order chi connectivity index (χ1) is 29.9. The third-order valence-corrected chi connectivity index (χ3v) is 10.9. The van der Waals surface area contributed by atoms with Crippen LogP contribution in [0.15, 0.2) is 123 Å². The van der Waals surface area contributed by atoms with E-state index < -0.39 is 38.3 Å². The number of ether oxygens (including phenoxy) is 5. The number of aromatic nitrogens is 2. The van der Waals surface area contributed by atoms with Crippen molar-refractivity contribution in [1.82, 2.24) is 14.6 Å². The first kappa shape index (κ1) is 48.5. The fraction of sp³-hybridized carbons (Fsp3) is 0.311. The average Bonchev–Trinajstić information content (AvgIpc) is 3.27. The van der Waals surface area contributed by atoms with Crippen LogP contribution in [0.5, 0.6) is 11.5 Å². The van der Waals surface area contributed by atoms with Crippen LogP contribution in [-0.2, 0) is 33.7 Å². The Morgan fingerprint density at radius 1 is 0.726 bits per heavy atom. The highest BCUT2D eigenvalue weighted by molar-refractivity contribution is 7.44. The predicted molar refractivity (Wildman–Crippen MR) is 239 cm³/mol. The molecule has 1 unspecified atom stereocenters. The minimum atomic E-state index is -1.94. The fourth-order valence-corrected chi connectivity index (χ4v) is 7.82. The lowest BCUT2D eigenvalue weighted by Gasteiger charge is -2.39. The van der Waals surface area contributed by atoms with Gasteiger partial charge in [-0.15, -0.1) is 6.58 Å². The van der Waals surface area contributed by atoms with Gasteiger partial charge in [-0.2, -0.15) is 4.98 Å². The molecule has 17 heteroatoms. The standard InChI is InChI=1S/C45H55N6O10P/c1-10-26-57-43(53)49-40-38(29-46-42(48-40)50-44(54)58-27-11-2)47-41(52)39(61-62(60-28-12-3)51(31(4)5)32(6)7)30-59-45(33-16-14-13-15-17-33,34-18-22-36(55-8)23-19-34)35-20-24-37(56-9)25-21-35/h10-25,29,31-32,39H,1-3,26-28,30H2,4-9H3,(H,47,52)(H2,46,48,49,50,53,54)/t39-,62?/m1/s1. The molecule has 330 valence electrons. The highest BCUT2D eigenvalue weighted by atomic mass is 31.2. The van der Waals surface area contributed by atoms with Crippen molar-refractivity contribution in [3.8, 4) is 11.5 Å². The molecule has 0 saturated heterocycles. The maximum absolute atomic E-state index is 14.8. The summed E-state index contributed by atoms with van der Waals surface area (Å²) < 4.78 is 43.3. The molecule has 4 aromatic rings. The Bertz CT molecular complexity index is 2030. The summed E-state index contributed by atoms with van der Waals surface area (Å²) in [7, 11) is 1.23. The van der Waals surface area contributed by atoms with Gasteiger partial charge in [0.25, 0.3) is 14.4 Å². The van der Waals surface area contributed by atoms with Crippen LogP contribution in [0.1, 0.15) is 44.4 Å². The minimum Gasteiger partial charge on any atom is -0.497 e. The molecule has 62 heavy (non-hydrogen) atoms. The normalized spacial score (nSPS) is 12.2.